The van der Waals surface area contributed by atoms with Crippen molar-refractivity contribution in [1.29, 1.82) is 0 Å². The molecule has 2 aromatic carbocycles. The van der Waals surface area contributed by atoms with E-state index in [0.717, 1.165) is 19.4 Å². The summed E-state index contributed by atoms with van der Waals surface area (Å²) < 4.78 is 0. The molecule has 0 aliphatic carbocycles. The average molecular weight is 430 g/mol. The maximum absolute atomic E-state index is 4.19. The van der Waals surface area contributed by atoms with Gasteiger partial charge in [-0.1, -0.05) is 33.6 Å². The molecule has 0 aliphatic heterocycles. The van der Waals surface area contributed by atoms with Gasteiger partial charge in [0.15, 0.2) is 0 Å². The molecule has 142 valence electrons. The van der Waals surface area contributed by atoms with Gasteiger partial charge in [0, 0.05) is 6.04 Å². The van der Waals surface area contributed by atoms with Gasteiger partial charge < -0.3 is 9.89 Å². The van der Waals surface area contributed by atoms with Crippen LogP contribution in [0, 0.1) is 0 Å². The summed E-state index contributed by atoms with van der Waals surface area (Å²) in [6.45, 7) is 15.8. The number of nitrogens with zero attached hydrogens (tertiary/aromatic N) is 2. The molecule has 26 heavy (non-hydrogen) atoms. The second-order valence-electron chi connectivity index (χ2n) is 6.50. The van der Waals surface area contributed by atoms with Gasteiger partial charge in [0.25, 0.3) is 0 Å². The fourth-order valence-corrected chi connectivity index (χ4v) is 2.04. The Bertz CT molecular complexity index is 476. The quantitative estimate of drug-likeness (QED) is 0.239. The molecule has 0 atom stereocenters. The largest absolute Gasteiger partial charge is 3.00 e. The van der Waals surface area contributed by atoms with Gasteiger partial charge in [0.1, 0.15) is 0 Å². The molecular weight excluding hydrogens is 393 g/mol. The van der Waals surface area contributed by atoms with Crippen molar-refractivity contribution in [3.8, 4) is 0 Å². The zero-order valence-electron chi connectivity index (χ0n) is 17.9. The number of aliphatic imine (C=N–C) groups is 1. The summed E-state index contributed by atoms with van der Waals surface area (Å²) in [6, 6.07) is 17.7. The molecule has 0 saturated carbocycles. The number of hydrogen-bond donors (Lipinski definition) is 0. The molecule has 2 rings (SSSR count). The fourth-order valence-electron chi connectivity index (χ4n) is 2.04. The normalized spacial score (nSPS) is 10.0. The third-order valence-electron chi connectivity index (χ3n) is 3.69. The molecule has 0 spiro atoms. The predicted octanol–water partition coefficient (Wildman–Crippen LogP) is 5.96. The van der Waals surface area contributed by atoms with E-state index in [9.17, 15) is 0 Å². The summed E-state index contributed by atoms with van der Waals surface area (Å²) in [5, 5.41) is 0. The minimum atomic E-state index is 0. The first kappa shape index (κ1) is 27.5. The Labute approximate surface area is 187 Å². The molecule has 0 aliphatic rings. The Morgan fingerprint density at radius 2 is 1.19 bits per heavy atom. The Kier molecular flexibility index (Phi) is 18.7. The van der Waals surface area contributed by atoms with Gasteiger partial charge in [-0.25, -0.2) is 24.3 Å². The minimum absolute atomic E-state index is 0. The molecule has 3 heteroatoms. The van der Waals surface area contributed by atoms with E-state index in [2.05, 4.69) is 113 Å². The Balaban J connectivity index is 0. The van der Waals surface area contributed by atoms with Crippen LogP contribution in [0.1, 0.15) is 59.6 Å². The van der Waals surface area contributed by atoms with E-state index in [1.54, 1.807) is 0 Å². The Morgan fingerprint density at radius 1 is 0.808 bits per heavy atom. The third-order valence-corrected chi connectivity index (χ3v) is 3.69. The summed E-state index contributed by atoms with van der Waals surface area (Å²) in [7, 11) is 0. The van der Waals surface area contributed by atoms with Crippen LogP contribution >= 0.6 is 0 Å². The summed E-state index contributed by atoms with van der Waals surface area (Å²) in [5.74, 6) is 0. The molecule has 0 saturated heterocycles. The summed E-state index contributed by atoms with van der Waals surface area (Å²) in [5.41, 5.74) is 2.86. The van der Waals surface area contributed by atoms with E-state index < -0.39 is 0 Å². The molecule has 2 aromatic rings. The zero-order chi connectivity index (χ0) is 19.1. The van der Waals surface area contributed by atoms with Crippen LogP contribution in [0.3, 0.4) is 0 Å². The van der Waals surface area contributed by atoms with Crippen molar-refractivity contribution in [2.45, 2.75) is 73.4 Å². The van der Waals surface area contributed by atoms with Gasteiger partial charge in [0.2, 0.25) is 0 Å². The van der Waals surface area contributed by atoms with E-state index in [0.29, 0.717) is 12.1 Å². The standard InChI is InChI=1S/C9H19N2.2C7H9.Y/c1-6-11(9(4)5)7-10-8(2)3;2*1-2-7-5-3-4-6-7;/h8-9H,6H2,1-5H3;2*3-6H,2H2,1H3;/q3*-1;+3. The topological polar surface area (TPSA) is 15.6 Å². The van der Waals surface area contributed by atoms with Gasteiger partial charge in [-0.3, -0.25) is 6.34 Å². The van der Waals surface area contributed by atoms with Crippen molar-refractivity contribution in [2.24, 2.45) is 4.99 Å². The molecule has 0 radical (unpaired) electrons. The first-order valence-corrected chi connectivity index (χ1v) is 9.57. The molecule has 0 unspecified atom stereocenters. The first-order valence-electron chi connectivity index (χ1n) is 9.57. The van der Waals surface area contributed by atoms with Crippen LogP contribution in [-0.4, -0.2) is 29.9 Å². The number of hydrogen-bond acceptors (Lipinski definition) is 1. The van der Waals surface area contributed by atoms with Crippen molar-refractivity contribution >= 4 is 6.34 Å². The van der Waals surface area contributed by atoms with E-state index >= 15 is 0 Å². The molecule has 0 fully saturated rings. The number of rotatable bonds is 6. The molecular formula is C23H37N2Y. The fraction of sp³-hybridized carbons (Fsp3) is 0.522. The molecule has 0 N–H and O–H groups in total. The molecule has 0 heterocycles. The zero-order valence-corrected chi connectivity index (χ0v) is 20.7. The van der Waals surface area contributed by atoms with Crippen LogP contribution in [0.5, 0.6) is 0 Å². The van der Waals surface area contributed by atoms with Gasteiger partial charge in [-0.05, 0) is 40.3 Å². The van der Waals surface area contributed by atoms with Crippen molar-refractivity contribution in [3.63, 3.8) is 0 Å². The van der Waals surface area contributed by atoms with E-state index in [-0.39, 0.29) is 32.7 Å². The van der Waals surface area contributed by atoms with Gasteiger partial charge in [-0.2, -0.15) is 35.4 Å². The van der Waals surface area contributed by atoms with Crippen LogP contribution in [0.25, 0.3) is 0 Å². The average Bonchev–Trinajstić information content (AvgIpc) is 3.29. The summed E-state index contributed by atoms with van der Waals surface area (Å²) in [6.07, 6.45) is 5.35. The van der Waals surface area contributed by atoms with Crippen molar-refractivity contribution < 1.29 is 32.7 Å². The van der Waals surface area contributed by atoms with Gasteiger partial charge in [0.05, 0.1) is 0 Å². The van der Waals surface area contributed by atoms with Crippen LogP contribution in [0.15, 0.2) is 53.5 Å². The second-order valence-corrected chi connectivity index (χ2v) is 6.50. The molecule has 0 bridgehead atoms. The minimum Gasteiger partial charge on any atom is -0.536 e. The maximum Gasteiger partial charge on any atom is 3.00 e. The van der Waals surface area contributed by atoms with Crippen LogP contribution in [0.2, 0.25) is 0 Å². The van der Waals surface area contributed by atoms with E-state index in [1.807, 2.05) is 0 Å². The van der Waals surface area contributed by atoms with Crippen LogP contribution in [-0.2, 0) is 45.6 Å². The SMILES string of the molecule is CCN([C-]=NC(C)C)C(C)C.CC[c-]1cccc1.CC[c-]1cccc1.[Y+3]. The summed E-state index contributed by atoms with van der Waals surface area (Å²) in [4.78, 5) is 6.29. The van der Waals surface area contributed by atoms with Crippen LogP contribution in [0.4, 0.5) is 0 Å². The number of aryl methyl sites for hydroxylation is 2. The smallest absolute Gasteiger partial charge is 0.536 e. The van der Waals surface area contributed by atoms with Crippen LogP contribution < -0.4 is 0 Å². The predicted molar refractivity (Wildman–Crippen MR) is 113 cm³/mol. The van der Waals surface area contributed by atoms with E-state index in [4.69, 9.17) is 0 Å². The van der Waals surface area contributed by atoms with Crippen molar-refractivity contribution in [2.75, 3.05) is 6.54 Å². The summed E-state index contributed by atoms with van der Waals surface area (Å²) >= 11 is 0. The first-order chi connectivity index (χ1) is 11.9. The molecule has 2 nitrogen and oxygen atoms in total. The third kappa shape index (κ3) is 14.4. The second kappa shape index (κ2) is 17.7. The Hall–Kier alpha value is -0.726. The van der Waals surface area contributed by atoms with Gasteiger partial charge in [-0.15, -0.1) is 0 Å². The Morgan fingerprint density at radius 3 is 1.38 bits per heavy atom. The van der Waals surface area contributed by atoms with Crippen molar-refractivity contribution in [3.05, 3.63) is 59.7 Å². The van der Waals surface area contributed by atoms with Gasteiger partial charge >= 0.3 is 32.7 Å². The molecule has 0 aromatic heterocycles. The van der Waals surface area contributed by atoms with Crippen molar-refractivity contribution in [1.82, 2.24) is 4.90 Å². The molecule has 0 amide bonds. The maximum atomic E-state index is 4.19. The van der Waals surface area contributed by atoms with E-state index in [1.165, 1.54) is 11.1 Å². The monoisotopic (exact) mass is 430 g/mol.